The molecule has 0 aliphatic heterocycles. The van der Waals surface area contributed by atoms with E-state index in [1.807, 2.05) is 0 Å². The van der Waals surface area contributed by atoms with Crippen molar-refractivity contribution in [3.63, 3.8) is 0 Å². The molecular weight excluding hydrogens is 391 g/mol. The molecule has 1 aromatic heterocycles. The number of benzene rings is 2. The SMILES string of the molecule is O=S(=O)(O)c1cc(S(=O)(=O)O)c2cc(Nc3ncnc(F)n3)ccc2c1. The van der Waals surface area contributed by atoms with E-state index in [0.29, 0.717) is 6.07 Å². The number of halogens is 1. The van der Waals surface area contributed by atoms with Gasteiger partial charge in [0.05, 0.1) is 4.90 Å². The Morgan fingerprint density at radius 2 is 1.69 bits per heavy atom. The Morgan fingerprint density at radius 1 is 0.962 bits per heavy atom. The molecule has 0 fully saturated rings. The molecule has 0 bridgehead atoms. The van der Waals surface area contributed by atoms with Crippen molar-refractivity contribution < 1.29 is 30.3 Å². The van der Waals surface area contributed by atoms with Crippen LogP contribution in [0.3, 0.4) is 0 Å². The van der Waals surface area contributed by atoms with Crippen LogP contribution < -0.4 is 5.32 Å². The second-order valence-corrected chi connectivity index (χ2v) is 7.82. The number of nitrogens with zero attached hydrogens (tertiary/aromatic N) is 3. The summed E-state index contributed by atoms with van der Waals surface area (Å²) in [5.74, 6) is -0.153. The molecule has 3 N–H and O–H groups in total. The van der Waals surface area contributed by atoms with Crippen molar-refractivity contribution in [2.24, 2.45) is 0 Å². The van der Waals surface area contributed by atoms with Crippen molar-refractivity contribution >= 4 is 42.6 Å². The zero-order valence-electron chi connectivity index (χ0n) is 12.5. The van der Waals surface area contributed by atoms with Gasteiger partial charge in [0.1, 0.15) is 11.2 Å². The molecule has 136 valence electrons. The summed E-state index contributed by atoms with van der Waals surface area (Å²) in [6, 6.07) is 5.66. The molecule has 0 spiro atoms. The lowest BCUT2D eigenvalue weighted by Gasteiger charge is -2.10. The molecule has 13 heteroatoms. The number of aromatic nitrogens is 3. The highest BCUT2D eigenvalue weighted by Gasteiger charge is 2.20. The van der Waals surface area contributed by atoms with Gasteiger partial charge in [-0.15, -0.1) is 0 Å². The van der Waals surface area contributed by atoms with Crippen molar-refractivity contribution in [1.29, 1.82) is 0 Å². The molecule has 0 atom stereocenters. The van der Waals surface area contributed by atoms with Gasteiger partial charge in [-0.2, -0.15) is 31.2 Å². The first-order valence-electron chi connectivity index (χ1n) is 6.68. The van der Waals surface area contributed by atoms with E-state index in [9.17, 15) is 25.8 Å². The monoisotopic (exact) mass is 400 g/mol. The van der Waals surface area contributed by atoms with E-state index >= 15 is 0 Å². The Labute approximate surface area is 146 Å². The zero-order valence-corrected chi connectivity index (χ0v) is 14.2. The zero-order chi connectivity index (χ0) is 19.1. The van der Waals surface area contributed by atoms with Crippen molar-refractivity contribution in [3.05, 3.63) is 42.7 Å². The van der Waals surface area contributed by atoms with E-state index < -0.39 is 36.1 Å². The highest BCUT2D eigenvalue weighted by molar-refractivity contribution is 7.86. The van der Waals surface area contributed by atoms with E-state index in [4.69, 9.17) is 4.55 Å². The minimum absolute atomic E-state index is 0.0422. The first kappa shape index (κ1) is 18.1. The highest BCUT2D eigenvalue weighted by atomic mass is 32.2. The van der Waals surface area contributed by atoms with Gasteiger partial charge in [-0.1, -0.05) is 6.07 Å². The quantitative estimate of drug-likeness (QED) is 0.546. The van der Waals surface area contributed by atoms with Crippen LogP contribution in [0.25, 0.3) is 10.8 Å². The van der Waals surface area contributed by atoms with Crippen LogP contribution in [0.5, 0.6) is 0 Å². The average molecular weight is 400 g/mol. The molecule has 0 saturated carbocycles. The largest absolute Gasteiger partial charge is 0.324 e. The fourth-order valence-corrected chi connectivity index (χ4v) is 3.55. The maximum Gasteiger partial charge on any atom is 0.313 e. The summed E-state index contributed by atoms with van der Waals surface area (Å²) in [5.41, 5.74) is 0.229. The van der Waals surface area contributed by atoms with Gasteiger partial charge in [-0.3, -0.25) is 9.11 Å². The molecule has 0 aliphatic rings. The Balaban J connectivity index is 2.20. The fourth-order valence-electron chi connectivity index (χ4n) is 2.20. The van der Waals surface area contributed by atoms with Crippen LogP contribution in [-0.4, -0.2) is 40.9 Å². The number of hydrogen-bond acceptors (Lipinski definition) is 8. The predicted molar refractivity (Wildman–Crippen MR) is 86.6 cm³/mol. The molecule has 0 saturated heterocycles. The van der Waals surface area contributed by atoms with E-state index in [1.165, 1.54) is 18.2 Å². The third-order valence-electron chi connectivity index (χ3n) is 3.26. The van der Waals surface area contributed by atoms with Crippen molar-refractivity contribution in [1.82, 2.24) is 15.0 Å². The van der Waals surface area contributed by atoms with Crippen LogP contribution in [-0.2, 0) is 20.2 Å². The van der Waals surface area contributed by atoms with Gasteiger partial charge in [0.15, 0.2) is 0 Å². The maximum atomic E-state index is 13.0. The standard InChI is InChI=1S/C13H9FN4O6S2/c14-12-15-6-16-13(18-12)17-8-2-1-7-3-9(25(19,20)21)5-11(10(7)4-8)26(22,23)24/h1-6H,(H,19,20,21)(H,22,23,24)(H,15,16,17,18). The molecule has 0 radical (unpaired) electrons. The molecule has 26 heavy (non-hydrogen) atoms. The molecule has 2 aromatic carbocycles. The van der Waals surface area contributed by atoms with Crippen molar-refractivity contribution in [2.75, 3.05) is 5.32 Å². The maximum absolute atomic E-state index is 13.0. The van der Waals surface area contributed by atoms with Gasteiger partial charge in [0.2, 0.25) is 5.95 Å². The fraction of sp³-hybridized carbons (Fsp3) is 0. The lowest BCUT2D eigenvalue weighted by atomic mass is 10.1. The van der Waals surface area contributed by atoms with Gasteiger partial charge < -0.3 is 5.32 Å². The molecule has 0 unspecified atom stereocenters. The van der Waals surface area contributed by atoms with Gasteiger partial charge in [-0.25, -0.2) is 4.98 Å². The molecule has 0 aliphatic carbocycles. The van der Waals surface area contributed by atoms with Gasteiger partial charge in [0.25, 0.3) is 20.2 Å². The Kier molecular flexibility index (Phi) is 4.31. The third kappa shape index (κ3) is 3.75. The normalized spacial score (nSPS) is 12.3. The summed E-state index contributed by atoms with van der Waals surface area (Å²) < 4.78 is 77.4. The lowest BCUT2D eigenvalue weighted by Crippen LogP contribution is -2.05. The predicted octanol–water partition coefficient (Wildman–Crippen LogP) is 1.40. The Hall–Kier alpha value is -2.74. The molecule has 3 rings (SSSR count). The second kappa shape index (κ2) is 6.21. The number of rotatable bonds is 4. The summed E-state index contributed by atoms with van der Waals surface area (Å²) in [6.45, 7) is 0. The molecule has 3 aromatic rings. The summed E-state index contributed by atoms with van der Waals surface area (Å²) in [5, 5.41) is 2.68. The van der Waals surface area contributed by atoms with Crippen LogP contribution in [0, 0.1) is 6.08 Å². The minimum atomic E-state index is -4.81. The van der Waals surface area contributed by atoms with E-state index in [0.717, 1.165) is 12.4 Å². The molecule has 0 amide bonds. The number of nitrogens with one attached hydrogen (secondary N) is 1. The molecule has 1 heterocycles. The van der Waals surface area contributed by atoms with Crippen LogP contribution in [0.15, 0.2) is 46.5 Å². The Bertz CT molecular complexity index is 1230. The summed E-state index contributed by atoms with van der Waals surface area (Å²) in [6.07, 6.45) is -0.104. The topological polar surface area (TPSA) is 159 Å². The highest BCUT2D eigenvalue weighted by Crippen LogP contribution is 2.30. The van der Waals surface area contributed by atoms with Crippen LogP contribution in [0.1, 0.15) is 0 Å². The van der Waals surface area contributed by atoms with Gasteiger partial charge in [0, 0.05) is 11.1 Å². The summed E-state index contributed by atoms with van der Waals surface area (Å²) in [7, 11) is -9.51. The number of anilines is 2. The minimum Gasteiger partial charge on any atom is -0.324 e. The number of fused-ring (bicyclic) bond motifs is 1. The van der Waals surface area contributed by atoms with E-state index in [1.54, 1.807) is 0 Å². The summed E-state index contributed by atoms with van der Waals surface area (Å²) in [4.78, 5) is 8.83. The first-order valence-corrected chi connectivity index (χ1v) is 9.56. The van der Waals surface area contributed by atoms with Crippen molar-refractivity contribution in [3.8, 4) is 0 Å². The first-order chi connectivity index (χ1) is 12.0. The average Bonchev–Trinajstić information content (AvgIpc) is 2.52. The van der Waals surface area contributed by atoms with Crippen LogP contribution >= 0.6 is 0 Å². The van der Waals surface area contributed by atoms with E-state index in [-0.39, 0.29) is 22.4 Å². The summed E-state index contributed by atoms with van der Waals surface area (Å²) >= 11 is 0. The smallest absolute Gasteiger partial charge is 0.313 e. The van der Waals surface area contributed by atoms with Crippen molar-refractivity contribution in [2.45, 2.75) is 9.79 Å². The second-order valence-electron chi connectivity index (χ2n) is 5.01. The number of hydrogen-bond donors (Lipinski definition) is 3. The van der Waals surface area contributed by atoms with Gasteiger partial charge >= 0.3 is 6.08 Å². The van der Waals surface area contributed by atoms with Gasteiger partial charge in [-0.05, 0) is 29.7 Å². The molecule has 10 nitrogen and oxygen atoms in total. The molecular formula is C13H9FN4O6S2. The van der Waals surface area contributed by atoms with Crippen LogP contribution in [0.2, 0.25) is 0 Å². The van der Waals surface area contributed by atoms with E-state index in [2.05, 4.69) is 20.3 Å². The Morgan fingerprint density at radius 3 is 2.31 bits per heavy atom. The third-order valence-corrected chi connectivity index (χ3v) is 4.99. The lowest BCUT2D eigenvalue weighted by molar-refractivity contribution is 0.482. The van der Waals surface area contributed by atoms with Crippen LogP contribution in [0.4, 0.5) is 16.0 Å².